The van der Waals surface area contributed by atoms with Crippen LogP contribution in [0.5, 0.6) is 0 Å². The number of rotatable bonds is 3. The Morgan fingerprint density at radius 3 is 2.93 bits per heavy atom. The third-order valence-electron chi connectivity index (χ3n) is 2.79. The first kappa shape index (κ1) is 10.9. The maximum Gasteiger partial charge on any atom is 0.308 e. The average Bonchev–Trinajstić information content (AvgIpc) is 2.25. The molecular weight excluding hydrogens is 182 g/mol. The van der Waals surface area contributed by atoms with Crippen molar-refractivity contribution in [3.8, 4) is 0 Å². The van der Waals surface area contributed by atoms with E-state index in [9.17, 15) is 4.79 Å². The van der Waals surface area contributed by atoms with Gasteiger partial charge in [0.15, 0.2) is 0 Å². The molecule has 0 aromatic rings. The summed E-state index contributed by atoms with van der Waals surface area (Å²) in [6.07, 6.45) is 3.99. The number of hydrogen-bond donors (Lipinski definition) is 0. The smallest absolute Gasteiger partial charge is 0.308 e. The quantitative estimate of drug-likeness (QED) is 0.301. The van der Waals surface area contributed by atoms with Crippen LogP contribution in [0.25, 0.3) is 10.4 Å². The Bertz CT molecular complexity index is 248. The van der Waals surface area contributed by atoms with Gasteiger partial charge in [-0.05, 0) is 24.3 Å². The van der Waals surface area contributed by atoms with Crippen molar-refractivity contribution in [1.82, 2.24) is 0 Å². The normalized spacial score (nSPS) is 26.4. The first-order chi connectivity index (χ1) is 6.79. The minimum atomic E-state index is -0.164. The van der Waals surface area contributed by atoms with Crippen molar-refractivity contribution in [2.75, 3.05) is 13.7 Å². The van der Waals surface area contributed by atoms with Gasteiger partial charge in [0.1, 0.15) is 0 Å². The summed E-state index contributed by atoms with van der Waals surface area (Å²) in [4.78, 5) is 14.1. The maximum absolute atomic E-state index is 11.4. The first-order valence-electron chi connectivity index (χ1n) is 4.88. The van der Waals surface area contributed by atoms with Crippen LogP contribution in [0.15, 0.2) is 5.11 Å². The van der Waals surface area contributed by atoms with Crippen molar-refractivity contribution < 1.29 is 9.53 Å². The minimum Gasteiger partial charge on any atom is -0.469 e. The van der Waals surface area contributed by atoms with E-state index in [1.807, 2.05) is 0 Å². The SMILES string of the molecule is COC(=O)C1CCCCC1CN=[N+]=[N-]. The molecular formula is C9H15N3O2. The van der Waals surface area contributed by atoms with Gasteiger partial charge in [0.05, 0.1) is 13.0 Å². The highest BCUT2D eigenvalue weighted by Crippen LogP contribution is 2.31. The molecule has 0 aromatic heterocycles. The highest BCUT2D eigenvalue weighted by atomic mass is 16.5. The van der Waals surface area contributed by atoms with Gasteiger partial charge in [0, 0.05) is 11.5 Å². The molecule has 1 saturated carbocycles. The van der Waals surface area contributed by atoms with E-state index < -0.39 is 0 Å². The van der Waals surface area contributed by atoms with Crippen molar-refractivity contribution in [3.05, 3.63) is 10.4 Å². The summed E-state index contributed by atoms with van der Waals surface area (Å²) < 4.78 is 4.73. The monoisotopic (exact) mass is 197 g/mol. The van der Waals surface area contributed by atoms with Gasteiger partial charge < -0.3 is 4.74 Å². The molecule has 1 aliphatic rings. The molecule has 5 nitrogen and oxygen atoms in total. The van der Waals surface area contributed by atoms with Crippen LogP contribution in [0, 0.1) is 11.8 Å². The van der Waals surface area contributed by atoms with E-state index in [1.54, 1.807) is 0 Å². The Morgan fingerprint density at radius 2 is 2.29 bits per heavy atom. The Balaban J connectivity index is 2.58. The Kier molecular flexibility index (Phi) is 4.26. The molecule has 0 N–H and O–H groups in total. The lowest BCUT2D eigenvalue weighted by Crippen LogP contribution is -2.29. The Hall–Kier alpha value is -1.22. The Morgan fingerprint density at radius 1 is 1.57 bits per heavy atom. The van der Waals surface area contributed by atoms with E-state index in [-0.39, 0.29) is 17.8 Å². The van der Waals surface area contributed by atoms with Crippen molar-refractivity contribution >= 4 is 5.97 Å². The minimum absolute atomic E-state index is 0.0701. The first-order valence-corrected chi connectivity index (χ1v) is 4.88. The highest BCUT2D eigenvalue weighted by Gasteiger charge is 2.30. The largest absolute Gasteiger partial charge is 0.469 e. The number of hydrogen-bond acceptors (Lipinski definition) is 3. The van der Waals surface area contributed by atoms with Crippen molar-refractivity contribution in [2.24, 2.45) is 17.0 Å². The lowest BCUT2D eigenvalue weighted by atomic mass is 9.79. The second-order valence-corrected chi connectivity index (χ2v) is 3.59. The molecule has 0 heterocycles. The number of esters is 1. The van der Waals surface area contributed by atoms with Crippen molar-refractivity contribution in [1.29, 1.82) is 0 Å². The number of carbonyl (C=O) groups is 1. The number of nitrogens with zero attached hydrogens (tertiary/aromatic N) is 3. The zero-order valence-electron chi connectivity index (χ0n) is 8.35. The van der Waals surface area contributed by atoms with Crippen LogP contribution in [-0.2, 0) is 9.53 Å². The molecule has 1 aliphatic carbocycles. The van der Waals surface area contributed by atoms with Crippen LogP contribution in [-0.4, -0.2) is 19.6 Å². The molecule has 0 amide bonds. The molecule has 2 unspecified atom stereocenters. The van der Waals surface area contributed by atoms with E-state index in [1.165, 1.54) is 7.11 Å². The summed E-state index contributed by atoms with van der Waals surface area (Å²) in [5.41, 5.74) is 8.22. The average molecular weight is 197 g/mol. The summed E-state index contributed by atoms with van der Waals surface area (Å²) in [5, 5.41) is 3.54. The summed E-state index contributed by atoms with van der Waals surface area (Å²) in [5.74, 6) is -0.0609. The molecule has 0 bridgehead atoms. The molecule has 5 heteroatoms. The van der Waals surface area contributed by atoms with Crippen LogP contribution in [0.1, 0.15) is 25.7 Å². The third-order valence-corrected chi connectivity index (χ3v) is 2.79. The molecule has 0 aliphatic heterocycles. The molecule has 14 heavy (non-hydrogen) atoms. The van der Waals surface area contributed by atoms with Gasteiger partial charge in [-0.2, -0.15) is 0 Å². The molecule has 0 aromatic carbocycles. The zero-order chi connectivity index (χ0) is 10.4. The number of methoxy groups -OCH3 is 1. The van der Waals surface area contributed by atoms with Gasteiger partial charge in [-0.1, -0.05) is 18.0 Å². The topological polar surface area (TPSA) is 75.1 Å². The van der Waals surface area contributed by atoms with Crippen LogP contribution < -0.4 is 0 Å². The van der Waals surface area contributed by atoms with Gasteiger partial charge in [0.2, 0.25) is 0 Å². The zero-order valence-corrected chi connectivity index (χ0v) is 8.35. The molecule has 0 radical (unpaired) electrons. The number of azide groups is 1. The van der Waals surface area contributed by atoms with E-state index in [0.29, 0.717) is 6.54 Å². The summed E-state index contributed by atoms with van der Waals surface area (Å²) in [7, 11) is 1.40. The predicted octanol–water partition coefficient (Wildman–Crippen LogP) is 2.28. The van der Waals surface area contributed by atoms with Crippen LogP contribution in [0.3, 0.4) is 0 Å². The summed E-state index contributed by atoms with van der Waals surface area (Å²) in [6, 6.07) is 0. The number of carbonyl (C=O) groups excluding carboxylic acids is 1. The predicted molar refractivity (Wildman–Crippen MR) is 51.5 cm³/mol. The number of ether oxygens (including phenoxy) is 1. The standard InChI is InChI=1S/C9H15N3O2/c1-14-9(13)8-5-3-2-4-7(8)6-11-12-10/h7-8H,2-6H2,1H3. The lowest BCUT2D eigenvalue weighted by Gasteiger charge is -2.28. The molecule has 2 atom stereocenters. The summed E-state index contributed by atoms with van der Waals surface area (Å²) in [6.45, 7) is 0.413. The van der Waals surface area contributed by atoms with E-state index in [4.69, 9.17) is 10.3 Å². The molecule has 1 fully saturated rings. The fraction of sp³-hybridized carbons (Fsp3) is 0.889. The fourth-order valence-corrected chi connectivity index (χ4v) is 2.03. The van der Waals surface area contributed by atoms with E-state index in [2.05, 4.69) is 10.0 Å². The van der Waals surface area contributed by atoms with Crippen LogP contribution in [0.4, 0.5) is 0 Å². The molecule has 0 saturated heterocycles. The Labute approximate surface area is 83.1 Å². The van der Waals surface area contributed by atoms with Gasteiger partial charge in [-0.25, -0.2) is 0 Å². The van der Waals surface area contributed by atoms with E-state index >= 15 is 0 Å². The lowest BCUT2D eigenvalue weighted by molar-refractivity contribution is -0.148. The van der Waals surface area contributed by atoms with Gasteiger partial charge in [0.25, 0.3) is 0 Å². The van der Waals surface area contributed by atoms with Gasteiger partial charge >= 0.3 is 5.97 Å². The van der Waals surface area contributed by atoms with E-state index in [0.717, 1.165) is 25.7 Å². The molecule has 0 spiro atoms. The second kappa shape index (κ2) is 5.50. The molecule has 78 valence electrons. The summed E-state index contributed by atoms with van der Waals surface area (Å²) >= 11 is 0. The van der Waals surface area contributed by atoms with Crippen LogP contribution in [0.2, 0.25) is 0 Å². The van der Waals surface area contributed by atoms with Gasteiger partial charge in [-0.15, -0.1) is 0 Å². The highest BCUT2D eigenvalue weighted by molar-refractivity contribution is 5.72. The second-order valence-electron chi connectivity index (χ2n) is 3.59. The van der Waals surface area contributed by atoms with Crippen molar-refractivity contribution in [2.45, 2.75) is 25.7 Å². The maximum atomic E-state index is 11.4. The fourth-order valence-electron chi connectivity index (χ4n) is 2.03. The molecule has 1 rings (SSSR count). The van der Waals surface area contributed by atoms with Crippen molar-refractivity contribution in [3.63, 3.8) is 0 Å². The van der Waals surface area contributed by atoms with Crippen LogP contribution >= 0.6 is 0 Å². The van der Waals surface area contributed by atoms with Gasteiger partial charge in [-0.3, -0.25) is 4.79 Å². The third kappa shape index (κ3) is 2.64.